The van der Waals surface area contributed by atoms with E-state index >= 15 is 0 Å². The standard InChI is InChI=1S/C32H35N5O5/c1-21-17-23-18-24(10-13-28(23)42-21)34-31(26(19-33)30(39)22-8-11-25(41-2)12-9-22)35-27-7-3-4-16-37(32(27)40)20-29(38)36-14-5-6-15-36/h8-13,17-18,27,34-35H,3-7,14-16,20H2,1-2H3/b31-26+. The summed E-state index contributed by atoms with van der Waals surface area (Å²) >= 11 is 0. The molecule has 42 heavy (non-hydrogen) atoms. The van der Waals surface area contributed by atoms with Crippen LogP contribution in [0.5, 0.6) is 5.75 Å². The minimum atomic E-state index is -0.728. The van der Waals surface area contributed by atoms with Gasteiger partial charge in [0.05, 0.1) is 13.7 Å². The number of nitrogens with zero attached hydrogens (tertiary/aromatic N) is 3. The smallest absolute Gasteiger partial charge is 0.245 e. The van der Waals surface area contributed by atoms with Gasteiger partial charge in [-0.15, -0.1) is 0 Å². The van der Waals surface area contributed by atoms with Crippen LogP contribution in [-0.4, -0.2) is 66.7 Å². The number of likely N-dealkylation sites (tertiary alicyclic amines) is 2. The molecule has 2 N–H and O–H groups in total. The zero-order valence-electron chi connectivity index (χ0n) is 23.9. The second-order valence-corrected chi connectivity index (χ2v) is 10.7. The molecule has 0 radical (unpaired) electrons. The molecule has 1 atom stereocenters. The number of carbonyl (C=O) groups excluding carboxylic acids is 3. The van der Waals surface area contributed by atoms with Gasteiger partial charge in [0.15, 0.2) is 0 Å². The van der Waals surface area contributed by atoms with Crippen molar-refractivity contribution in [3.63, 3.8) is 0 Å². The Morgan fingerprint density at radius 1 is 1.05 bits per heavy atom. The van der Waals surface area contributed by atoms with Crippen LogP contribution in [0.3, 0.4) is 0 Å². The van der Waals surface area contributed by atoms with Gasteiger partial charge in [-0.25, -0.2) is 0 Å². The lowest BCUT2D eigenvalue weighted by Crippen LogP contribution is -2.49. The molecule has 3 heterocycles. The number of Topliss-reactive ketones (excluding diaryl/α,β-unsaturated/α-hetero) is 1. The van der Waals surface area contributed by atoms with E-state index in [0.29, 0.717) is 35.5 Å². The summed E-state index contributed by atoms with van der Waals surface area (Å²) in [5, 5.41) is 17.5. The van der Waals surface area contributed by atoms with Crippen LogP contribution in [0.25, 0.3) is 11.0 Å². The summed E-state index contributed by atoms with van der Waals surface area (Å²) < 4.78 is 10.9. The van der Waals surface area contributed by atoms with Crippen LogP contribution >= 0.6 is 0 Å². The summed E-state index contributed by atoms with van der Waals surface area (Å²) in [6.45, 7) is 3.81. The van der Waals surface area contributed by atoms with E-state index in [1.54, 1.807) is 35.2 Å². The predicted molar refractivity (Wildman–Crippen MR) is 158 cm³/mol. The van der Waals surface area contributed by atoms with Crippen LogP contribution in [-0.2, 0) is 9.59 Å². The molecule has 1 unspecified atom stereocenters. The fraction of sp³-hybridized carbons (Fsp3) is 0.375. The van der Waals surface area contributed by atoms with Crippen LogP contribution in [0.1, 0.15) is 48.2 Å². The zero-order chi connectivity index (χ0) is 29.6. The Balaban J connectivity index is 1.46. The summed E-state index contributed by atoms with van der Waals surface area (Å²) in [6, 6.07) is 15.2. The van der Waals surface area contributed by atoms with Gasteiger partial charge in [-0.05, 0) is 87.6 Å². The third-order valence-corrected chi connectivity index (χ3v) is 7.73. The maximum Gasteiger partial charge on any atom is 0.245 e. The Morgan fingerprint density at radius 2 is 1.79 bits per heavy atom. The lowest BCUT2D eigenvalue weighted by atomic mass is 10.0. The number of carbonyl (C=O) groups is 3. The Morgan fingerprint density at radius 3 is 2.50 bits per heavy atom. The summed E-state index contributed by atoms with van der Waals surface area (Å²) in [5.74, 6) is 0.695. The first-order chi connectivity index (χ1) is 20.4. The molecule has 1 aromatic heterocycles. The number of ether oxygens (including phenoxy) is 1. The molecule has 2 aliphatic heterocycles. The molecule has 0 bridgehead atoms. The Labute approximate surface area is 244 Å². The fourth-order valence-electron chi connectivity index (χ4n) is 5.48. The highest BCUT2D eigenvalue weighted by Crippen LogP contribution is 2.25. The Bertz CT molecular complexity index is 1550. The lowest BCUT2D eigenvalue weighted by molar-refractivity contribution is -0.140. The van der Waals surface area contributed by atoms with Gasteiger partial charge in [-0.3, -0.25) is 14.4 Å². The highest BCUT2D eigenvalue weighted by atomic mass is 16.5. The van der Waals surface area contributed by atoms with E-state index < -0.39 is 11.8 Å². The SMILES string of the molecule is COc1ccc(C(=O)/C(C#N)=C(\Nc2ccc3oc(C)cc3c2)NC2CCCCN(CC(=O)N3CCCC3)C2=O)cc1. The van der Waals surface area contributed by atoms with E-state index in [1.165, 1.54) is 7.11 Å². The van der Waals surface area contributed by atoms with Crippen LogP contribution in [0.4, 0.5) is 5.69 Å². The number of fused-ring (bicyclic) bond motifs is 1. The van der Waals surface area contributed by atoms with E-state index in [2.05, 4.69) is 16.7 Å². The molecule has 2 amide bonds. The second kappa shape index (κ2) is 12.8. The third kappa shape index (κ3) is 6.41. The van der Waals surface area contributed by atoms with E-state index in [9.17, 15) is 19.6 Å². The quantitative estimate of drug-likeness (QED) is 0.221. The highest BCUT2D eigenvalue weighted by molar-refractivity contribution is 6.12. The number of ketones is 1. The van der Waals surface area contributed by atoms with Gasteiger partial charge in [0.1, 0.15) is 40.6 Å². The molecule has 218 valence electrons. The molecule has 0 saturated carbocycles. The number of furan rings is 1. The first-order valence-corrected chi connectivity index (χ1v) is 14.3. The van der Waals surface area contributed by atoms with Gasteiger partial charge in [0.2, 0.25) is 17.6 Å². The number of allylic oxidation sites excluding steroid dienone is 1. The predicted octanol–water partition coefficient (Wildman–Crippen LogP) is 4.37. The van der Waals surface area contributed by atoms with Crippen molar-refractivity contribution in [3.05, 3.63) is 71.2 Å². The van der Waals surface area contributed by atoms with Gasteiger partial charge >= 0.3 is 0 Å². The lowest BCUT2D eigenvalue weighted by Gasteiger charge is -2.28. The number of hydrogen-bond acceptors (Lipinski definition) is 8. The number of anilines is 1. The normalized spacial score (nSPS) is 17.8. The minimum absolute atomic E-state index is 0.0237. The van der Waals surface area contributed by atoms with E-state index in [4.69, 9.17) is 9.15 Å². The van der Waals surface area contributed by atoms with E-state index in [-0.39, 0.29) is 29.8 Å². The Hall–Kier alpha value is -4.78. The largest absolute Gasteiger partial charge is 0.497 e. The molecular formula is C32H35N5O5. The maximum atomic E-state index is 13.7. The molecule has 10 nitrogen and oxygen atoms in total. The van der Waals surface area contributed by atoms with E-state index in [1.807, 2.05) is 30.0 Å². The van der Waals surface area contributed by atoms with Crippen molar-refractivity contribution in [3.8, 4) is 11.8 Å². The average Bonchev–Trinajstić information content (AvgIpc) is 3.63. The van der Waals surface area contributed by atoms with Gasteiger partial charge in [0.25, 0.3) is 0 Å². The van der Waals surface area contributed by atoms with Crippen LogP contribution in [0.15, 0.2) is 64.3 Å². The Kier molecular flexibility index (Phi) is 8.77. The van der Waals surface area contributed by atoms with Crippen molar-refractivity contribution >= 4 is 34.3 Å². The highest BCUT2D eigenvalue weighted by Gasteiger charge is 2.32. The summed E-state index contributed by atoms with van der Waals surface area (Å²) in [6.07, 6.45) is 3.96. The fourth-order valence-corrected chi connectivity index (χ4v) is 5.48. The molecular weight excluding hydrogens is 534 g/mol. The molecule has 0 spiro atoms. The molecule has 2 aromatic carbocycles. The molecule has 10 heteroatoms. The molecule has 3 aromatic rings. The van der Waals surface area contributed by atoms with Crippen LogP contribution in [0, 0.1) is 18.3 Å². The average molecular weight is 570 g/mol. The first kappa shape index (κ1) is 28.7. The van der Waals surface area contributed by atoms with Crippen molar-refractivity contribution in [2.24, 2.45) is 0 Å². The molecule has 2 aliphatic rings. The number of rotatable bonds is 9. The number of methoxy groups -OCH3 is 1. The maximum absolute atomic E-state index is 13.7. The third-order valence-electron chi connectivity index (χ3n) is 7.73. The first-order valence-electron chi connectivity index (χ1n) is 14.3. The summed E-state index contributed by atoms with van der Waals surface area (Å²) in [4.78, 5) is 43.6. The van der Waals surface area contributed by atoms with Crippen LogP contribution < -0.4 is 15.4 Å². The van der Waals surface area contributed by atoms with Gasteiger partial charge in [0, 0.05) is 36.3 Å². The van der Waals surface area contributed by atoms with Crippen molar-refractivity contribution in [1.82, 2.24) is 15.1 Å². The summed E-state index contributed by atoms with van der Waals surface area (Å²) in [7, 11) is 1.54. The number of nitrogens with one attached hydrogen (secondary N) is 2. The topological polar surface area (TPSA) is 128 Å². The van der Waals surface area contributed by atoms with Gasteiger partial charge in [-0.2, -0.15) is 5.26 Å². The number of nitriles is 1. The van der Waals surface area contributed by atoms with Crippen molar-refractivity contribution in [2.45, 2.75) is 45.1 Å². The molecule has 5 rings (SSSR count). The number of benzene rings is 2. The molecule has 2 saturated heterocycles. The van der Waals surface area contributed by atoms with Crippen molar-refractivity contribution in [2.75, 3.05) is 38.6 Å². The van der Waals surface area contributed by atoms with Crippen molar-refractivity contribution in [1.29, 1.82) is 5.26 Å². The van der Waals surface area contributed by atoms with Crippen LogP contribution in [0.2, 0.25) is 0 Å². The van der Waals surface area contributed by atoms with Gasteiger partial charge < -0.3 is 29.6 Å². The number of hydrogen-bond donors (Lipinski definition) is 2. The van der Waals surface area contributed by atoms with Gasteiger partial charge in [-0.1, -0.05) is 0 Å². The molecule has 0 aliphatic carbocycles. The van der Waals surface area contributed by atoms with E-state index in [0.717, 1.165) is 49.9 Å². The number of aryl methyl sites for hydroxylation is 1. The molecule has 2 fully saturated rings. The monoisotopic (exact) mass is 569 g/mol. The summed E-state index contributed by atoms with van der Waals surface area (Å²) in [5.41, 5.74) is 1.46. The van der Waals surface area contributed by atoms with Crippen molar-refractivity contribution < 1.29 is 23.5 Å². The second-order valence-electron chi connectivity index (χ2n) is 10.7. The minimum Gasteiger partial charge on any atom is -0.497 e. The zero-order valence-corrected chi connectivity index (χ0v) is 23.9. The number of amides is 2.